The summed E-state index contributed by atoms with van der Waals surface area (Å²) in [5.41, 5.74) is 3.01. The molecule has 2 heterocycles. The fraction of sp³-hybridized carbons (Fsp3) is 0.214. The molecule has 92 valence electrons. The summed E-state index contributed by atoms with van der Waals surface area (Å²) in [6, 6.07) is 8.90. The van der Waals surface area contributed by atoms with Crippen molar-refractivity contribution in [3.05, 3.63) is 53.7 Å². The topological polar surface area (TPSA) is 22.8 Å². The number of hydrogen-bond acceptors (Lipinski definition) is 1. The van der Waals surface area contributed by atoms with Gasteiger partial charge >= 0.3 is 0 Å². The molecule has 0 radical (unpaired) electrons. The molecule has 2 aromatic heterocycles. The number of fused-ring (bicyclic) bond motifs is 1. The van der Waals surface area contributed by atoms with Crippen molar-refractivity contribution >= 4 is 10.9 Å². The van der Waals surface area contributed by atoms with Crippen LogP contribution in [0.5, 0.6) is 0 Å². The minimum absolute atomic E-state index is 0.205. The SMILES string of the molecule is Cc1cc(Cn2ccc3ccc(F)cc32)n(C)n1. The third kappa shape index (κ3) is 1.79. The zero-order valence-electron chi connectivity index (χ0n) is 10.4. The number of rotatable bonds is 2. The summed E-state index contributed by atoms with van der Waals surface area (Å²) < 4.78 is 17.2. The molecule has 0 unspecified atom stereocenters. The summed E-state index contributed by atoms with van der Waals surface area (Å²) in [6.45, 7) is 2.67. The lowest BCUT2D eigenvalue weighted by Crippen LogP contribution is -2.04. The van der Waals surface area contributed by atoms with Crippen molar-refractivity contribution in [1.29, 1.82) is 0 Å². The Morgan fingerprint density at radius 2 is 2.06 bits per heavy atom. The van der Waals surface area contributed by atoms with Gasteiger partial charge in [0.15, 0.2) is 0 Å². The third-order valence-electron chi connectivity index (χ3n) is 3.17. The molecule has 4 heteroatoms. The first-order valence-electron chi connectivity index (χ1n) is 5.87. The van der Waals surface area contributed by atoms with Crippen molar-refractivity contribution in [3.63, 3.8) is 0 Å². The van der Waals surface area contributed by atoms with E-state index in [0.29, 0.717) is 6.54 Å². The first-order chi connectivity index (χ1) is 8.63. The molecule has 3 rings (SSSR count). The summed E-state index contributed by atoms with van der Waals surface area (Å²) in [7, 11) is 1.93. The highest BCUT2D eigenvalue weighted by molar-refractivity contribution is 5.80. The van der Waals surface area contributed by atoms with E-state index in [2.05, 4.69) is 5.10 Å². The lowest BCUT2D eigenvalue weighted by molar-refractivity contribution is 0.627. The molecular weight excluding hydrogens is 229 g/mol. The van der Waals surface area contributed by atoms with Gasteiger partial charge in [-0.1, -0.05) is 0 Å². The molecule has 0 fully saturated rings. The fourth-order valence-corrected chi connectivity index (χ4v) is 2.28. The quantitative estimate of drug-likeness (QED) is 0.678. The number of hydrogen-bond donors (Lipinski definition) is 0. The van der Waals surface area contributed by atoms with Crippen LogP contribution in [0, 0.1) is 12.7 Å². The van der Waals surface area contributed by atoms with E-state index >= 15 is 0 Å². The molecule has 1 aromatic carbocycles. The Hall–Kier alpha value is -2.10. The highest BCUT2D eigenvalue weighted by Crippen LogP contribution is 2.18. The van der Waals surface area contributed by atoms with Crippen molar-refractivity contribution in [1.82, 2.24) is 14.3 Å². The van der Waals surface area contributed by atoms with Crippen LogP contribution in [0.3, 0.4) is 0 Å². The van der Waals surface area contributed by atoms with Crippen LogP contribution in [0.4, 0.5) is 4.39 Å². The van der Waals surface area contributed by atoms with E-state index in [4.69, 9.17) is 0 Å². The Morgan fingerprint density at radius 1 is 1.22 bits per heavy atom. The summed E-state index contributed by atoms with van der Waals surface area (Å²) in [5, 5.41) is 5.37. The Bertz CT molecular complexity index is 709. The lowest BCUT2D eigenvalue weighted by atomic mass is 10.2. The zero-order chi connectivity index (χ0) is 12.7. The lowest BCUT2D eigenvalue weighted by Gasteiger charge is -2.05. The molecule has 0 bridgehead atoms. The Kier molecular flexibility index (Phi) is 2.44. The van der Waals surface area contributed by atoms with Crippen LogP contribution < -0.4 is 0 Å². The van der Waals surface area contributed by atoms with E-state index in [1.54, 1.807) is 12.1 Å². The van der Waals surface area contributed by atoms with Gasteiger partial charge in [-0.3, -0.25) is 4.68 Å². The molecule has 0 aliphatic rings. The van der Waals surface area contributed by atoms with E-state index < -0.39 is 0 Å². The van der Waals surface area contributed by atoms with Gasteiger partial charge in [-0.2, -0.15) is 5.10 Å². The molecule has 18 heavy (non-hydrogen) atoms. The van der Waals surface area contributed by atoms with Crippen LogP contribution in [-0.4, -0.2) is 14.3 Å². The normalized spacial score (nSPS) is 11.3. The maximum absolute atomic E-state index is 13.3. The number of aryl methyl sites for hydroxylation is 2. The van der Waals surface area contributed by atoms with Crippen molar-refractivity contribution in [2.24, 2.45) is 7.05 Å². The van der Waals surface area contributed by atoms with Gasteiger partial charge in [0.25, 0.3) is 0 Å². The number of aromatic nitrogens is 3. The van der Waals surface area contributed by atoms with Gasteiger partial charge in [0.05, 0.1) is 23.4 Å². The second-order valence-electron chi connectivity index (χ2n) is 4.55. The first kappa shape index (κ1) is 11.0. The second kappa shape index (κ2) is 3.98. The maximum Gasteiger partial charge on any atom is 0.125 e. The molecule has 0 aliphatic carbocycles. The van der Waals surface area contributed by atoms with E-state index in [-0.39, 0.29) is 5.82 Å². The highest BCUT2D eigenvalue weighted by atomic mass is 19.1. The van der Waals surface area contributed by atoms with Gasteiger partial charge in [-0.25, -0.2) is 4.39 Å². The van der Waals surface area contributed by atoms with Crippen molar-refractivity contribution in [2.75, 3.05) is 0 Å². The van der Waals surface area contributed by atoms with Crippen molar-refractivity contribution in [2.45, 2.75) is 13.5 Å². The summed E-state index contributed by atoms with van der Waals surface area (Å²) in [6.07, 6.45) is 1.98. The van der Waals surface area contributed by atoms with Gasteiger partial charge in [0.1, 0.15) is 5.82 Å². The highest BCUT2D eigenvalue weighted by Gasteiger charge is 2.06. The predicted molar refractivity (Wildman–Crippen MR) is 68.9 cm³/mol. The smallest absolute Gasteiger partial charge is 0.125 e. The summed E-state index contributed by atoms with van der Waals surface area (Å²) in [5.74, 6) is -0.205. The van der Waals surface area contributed by atoms with Gasteiger partial charge in [-0.15, -0.1) is 0 Å². The molecular formula is C14H14FN3. The molecule has 0 spiro atoms. The minimum Gasteiger partial charge on any atom is -0.341 e. The largest absolute Gasteiger partial charge is 0.341 e. The molecule has 0 aliphatic heterocycles. The first-order valence-corrected chi connectivity index (χ1v) is 5.87. The number of nitrogens with zero attached hydrogens (tertiary/aromatic N) is 3. The molecule has 3 aromatic rings. The molecule has 0 saturated carbocycles. The Morgan fingerprint density at radius 3 is 2.78 bits per heavy atom. The fourth-order valence-electron chi connectivity index (χ4n) is 2.28. The number of benzene rings is 1. The third-order valence-corrected chi connectivity index (χ3v) is 3.17. The van der Waals surface area contributed by atoms with Crippen LogP contribution in [-0.2, 0) is 13.6 Å². The van der Waals surface area contributed by atoms with Crippen molar-refractivity contribution in [3.8, 4) is 0 Å². The molecule has 0 N–H and O–H groups in total. The minimum atomic E-state index is -0.205. The summed E-state index contributed by atoms with van der Waals surface area (Å²) >= 11 is 0. The Balaban J connectivity index is 2.05. The van der Waals surface area contributed by atoms with Crippen LogP contribution >= 0.6 is 0 Å². The molecule has 0 saturated heterocycles. The van der Waals surface area contributed by atoms with E-state index in [1.165, 1.54) is 6.07 Å². The summed E-state index contributed by atoms with van der Waals surface area (Å²) in [4.78, 5) is 0. The zero-order valence-corrected chi connectivity index (χ0v) is 10.4. The van der Waals surface area contributed by atoms with Crippen LogP contribution in [0.2, 0.25) is 0 Å². The number of halogens is 1. The van der Waals surface area contributed by atoms with Gasteiger partial charge in [0, 0.05) is 13.2 Å². The van der Waals surface area contributed by atoms with E-state index in [9.17, 15) is 4.39 Å². The van der Waals surface area contributed by atoms with Crippen LogP contribution in [0.1, 0.15) is 11.4 Å². The van der Waals surface area contributed by atoms with Gasteiger partial charge in [0.2, 0.25) is 0 Å². The average molecular weight is 243 g/mol. The Labute approximate surface area is 104 Å². The van der Waals surface area contributed by atoms with E-state index in [1.807, 2.05) is 41.5 Å². The second-order valence-corrected chi connectivity index (χ2v) is 4.55. The van der Waals surface area contributed by atoms with Crippen molar-refractivity contribution < 1.29 is 4.39 Å². The maximum atomic E-state index is 13.3. The van der Waals surface area contributed by atoms with Crippen LogP contribution in [0.15, 0.2) is 36.5 Å². The standard InChI is InChI=1S/C14H14FN3/c1-10-7-13(17(2)16-10)9-18-6-5-11-3-4-12(15)8-14(11)18/h3-8H,9H2,1-2H3. The predicted octanol–water partition coefficient (Wildman–Crippen LogP) is 2.87. The van der Waals surface area contributed by atoms with Gasteiger partial charge < -0.3 is 4.57 Å². The van der Waals surface area contributed by atoms with Gasteiger partial charge in [-0.05, 0) is 42.6 Å². The van der Waals surface area contributed by atoms with Crippen LogP contribution in [0.25, 0.3) is 10.9 Å². The molecule has 0 atom stereocenters. The molecule has 3 nitrogen and oxygen atoms in total. The monoisotopic (exact) mass is 243 g/mol. The average Bonchev–Trinajstić information content (AvgIpc) is 2.84. The molecule has 0 amide bonds. The van der Waals surface area contributed by atoms with E-state index in [0.717, 1.165) is 22.3 Å².